The van der Waals surface area contributed by atoms with Crippen LogP contribution in [0.15, 0.2) is 24.4 Å². The molecular formula is C15H24N4O. The van der Waals surface area contributed by atoms with Crippen LogP contribution in [-0.4, -0.2) is 42.0 Å². The lowest BCUT2D eigenvalue weighted by Gasteiger charge is -2.35. The van der Waals surface area contributed by atoms with Gasteiger partial charge in [0.15, 0.2) is 0 Å². The first-order valence-electron chi connectivity index (χ1n) is 7.41. The van der Waals surface area contributed by atoms with Crippen molar-refractivity contribution in [3.63, 3.8) is 0 Å². The Balaban J connectivity index is 1.80. The van der Waals surface area contributed by atoms with Crippen molar-refractivity contribution in [2.75, 3.05) is 26.2 Å². The summed E-state index contributed by atoms with van der Waals surface area (Å²) < 4.78 is 0. The van der Waals surface area contributed by atoms with E-state index < -0.39 is 0 Å². The molecule has 2 heterocycles. The van der Waals surface area contributed by atoms with Crippen LogP contribution in [0.3, 0.4) is 0 Å². The Bertz CT molecular complexity index is 410. The van der Waals surface area contributed by atoms with Crippen LogP contribution >= 0.6 is 0 Å². The Morgan fingerprint density at radius 1 is 1.40 bits per heavy atom. The van der Waals surface area contributed by atoms with Crippen LogP contribution in [0.1, 0.15) is 37.4 Å². The van der Waals surface area contributed by atoms with Crippen LogP contribution in [0, 0.1) is 0 Å². The van der Waals surface area contributed by atoms with E-state index in [1.807, 2.05) is 18.3 Å². The van der Waals surface area contributed by atoms with Gasteiger partial charge in [-0.3, -0.25) is 14.7 Å². The molecule has 0 bridgehead atoms. The van der Waals surface area contributed by atoms with E-state index in [2.05, 4.69) is 21.3 Å². The molecular weight excluding hydrogens is 252 g/mol. The van der Waals surface area contributed by atoms with Crippen molar-refractivity contribution >= 4 is 5.91 Å². The third kappa shape index (κ3) is 4.58. The van der Waals surface area contributed by atoms with Crippen LogP contribution < -0.4 is 11.1 Å². The van der Waals surface area contributed by atoms with Crippen LogP contribution in [0.5, 0.6) is 0 Å². The highest BCUT2D eigenvalue weighted by molar-refractivity contribution is 5.73. The molecule has 0 aliphatic carbocycles. The van der Waals surface area contributed by atoms with Gasteiger partial charge in [0.1, 0.15) is 0 Å². The summed E-state index contributed by atoms with van der Waals surface area (Å²) in [6.07, 6.45) is 5.42. The third-order valence-electron chi connectivity index (χ3n) is 3.75. The van der Waals surface area contributed by atoms with Gasteiger partial charge in [0, 0.05) is 32.3 Å². The average Bonchev–Trinajstić information content (AvgIpc) is 2.48. The van der Waals surface area contributed by atoms with Crippen LogP contribution in [0.4, 0.5) is 0 Å². The van der Waals surface area contributed by atoms with Gasteiger partial charge >= 0.3 is 0 Å². The number of carbonyl (C=O) groups is 1. The summed E-state index contributed by atoms with van der Waals surface area (Å²) in [5.41, 5.74) is 6.29. The van der Waals surface area contributed by atoms with Gasteiger partial charge in [0.05, 0.1) is 11.7 Å². The van der Waals surface area contributed by atoms with Crippen molar-refractivity contribution in [1.29, 1.82) is 0 Å². The number of aromatic nitrogens is 1. The van der Waals surface area contributed by atoms with E-state index in [1.54, 1.807) is 0 Å². The molecule has 5 heteroatoms. The molecule has 1 atom stereocenters. The van der Waals surface area contributed by atoms with Gasteiger partial charge in [-0.25, -0.2) is 0 Å². The van der Waals surface area contributed by atoms with E-state index in [-0.39, 0.29) is 5.91 Å². The molecule has 5 nitrogen and oxygen atoms in total. The topological polar surface area (TPSA) is 71.2 Å². The average molecular weight is 276 g/mol. The van der Waals surface area contributed by atoms with Crippen molar-refractivity contribution in [2.24, 2.45) is 5.73 Å². The zero-order valence-corrected chi connectivity index (χ0v) is 11.9. The van der Waals surface area contributed by atoms with Gasteiger partial charge < -0.3 is 11.1 Å². The number of rotatable bonds is 7. The van der Waals surface area contributed by atoms with Crippen molar-refractivity contribution in [1.82, 2.24) is 15.2 Å². The number of unbranched alkanes of at least 4 members (excludes halogenated alkanes) is 2. The number of nitrogens with two attached hydrogens (primary N) is 1. The molecule has 0 spiro atoms. The molecule has 3 N–H and O–H groups in total. The minimum Gasteiger partial charge on any atom is -0.370 e. The van der Waals surface area contributed by atoms with E-state index in [0.717, 1.165) is 51.1 Å². The van der Waals surface area contributed by atoms with Gasteiger partial charge in [0.2, 0.25) is 5.91 Å². The van der Waals surface area contributed by atoms with E-state index in [1.165, 1.54) is 0 Å². The minimum absolute atomic E-state index is 0.196. The first kappa shape index (κ1) is 14.9. The number of hydrogen-bond acceptors (Lipinski definition) is 4. The summed E-state index contributed by atoms with van der Waals surface area (Å²) in [6.45, 7) is 4.10. The number of primary amides is 1. The number of pyridine rings is 1. The second kappa shape index (κ2) is 7.97. The predicted molar refractivity (Wildman–Crippen MR) is 79.1 cm³/mol. The fourth-order valence-corrected chi connectivity index (χ4v) is 2.67. The van der Waals surface area contributed by atoms with Crippen LogP contribution in [0.25, 0.3) is 0 Å². The molecule has 0 saturated carbocycles. The molecule has 1 aliphatic heterocycles. The third-order valence-corrected chi connectivity index (χ3v) is 3.75. The highest BCUT2D eigenvalue weighted by Crippen LogP contribution is 2.20. The lowest BCUT2D eigenvalue weighted by molar-refractivity contribution is -0.118. The standard InChI is InChI=1S/C15H24N4O/c16-15(20)7-2-1-5-10-19-11-9-17-12-14(19)13-6-3-4-8-18-13/h3-4,6,8,14,17H,1-2,5,7,9-12H2,(H2,16,20). The molecule has 20 heavy (non-hydrogen) atoms. The quantitative estimate of drug-likeness (QED) is 0.731. The number of nitrogens with zero attached hydrogens (tertiary/aromatic N) is 2. The molecule has 1 aliphatic rings. The van der Waals surface area contributed by atoms with Crippen molar-refractivity contribution < 1.29 is 4.79 Å². The highest BCUT2D eigenvalue weighted by Gasteiger charge is 2.23. The summed E-state index contributed by atoms with van der Waals surface area (Å²) in [4.78, 5) is 17.7. The maximum absolute atomic E-state index is 10.7. The van der Waals surface area contributed by atoms with Crippen LogP contribution in [-0.2, 0) is 4.79 Å². The lowest BCUT2D eigenvalue weighted by atomic mass is 10.1. The van der Waals surface area contributed by atoms with Gasteiger partial charge in [0.25, 0.3) is 0 Å². The smallest absolute Gasteiger partial charge is 0.217 e. The van der Waals surface area contributed by atoms with Crippen LogP contribution in [0.2, 0.25) is 0 Å². The number of amides is 1. The number of carbonyl (C=O) groups excluding carboxylic acids is 1. The Hall–Kier alpha value is -1.46. The normalized spacial score (nSPS) is 19.9. The highest BCUT2D eigenvalue weighted by atomic mass is 16.1. The zero-order valence-electron chi connectivity index (χ0n) is 11.9. The largest absolute Gasteiger partial charge is 0.370 e. The number of nitrogens with one attached hydrogen (secondary N) is 1. The number of hydrogen-bond donors (Lipinski definition) is 2. The first-order valence-corrected chi connectivity index (χ1v) is 7.41. The SMILES string of the molecule is NC(=O)CCCCCN1CCNCC1c1ccccn1. The van der Waals surface area contributed by atoms with E-state index in [0.29, 0.717) is 12.5 Å². The summed E-state index contributed by atoms with van der Waals surface area (Å²) in [5, 5.41) is 3.44. The van der Waals surface area contributed by atoms with Crippen molar-refractivity contribution in [2.45, 2.75) is 31.7 Å². The van der Waals surface area contributed by atoms with E-state index >= 15 is 0 Å². The molecule has 1 aromatic rings. The maximum atomic E-state index is 10.7. The molecule has 1 unspecified atom stereocenters. The monoisotopic (exact) mass is 276 g/mol. The van der Waals surface area contributed by atoms with Gasteiger partial charge in [-0.1, -0.05) is 12.5 Å². The molecule has 1 aromatic heterocycles. The zero-order chi connectivity index (χ0) is 14.2. The summed E-state index contributed by atoms with van der Waals surface area (Å²) in [5.74, 6) is -0.196. The summed E-state index contributed by atoms with van der Waals surface area (Å²) in [6, 6.07) is 6.45. The second-order valence-electron chi connectivity index (χ2n) is 5.29. The molecule has 1 amide bonds. The molecule has 0 radical (unpaired) electrons. The van der Waals surface area contributed by atoms with Gasteiger partial charge in [-0.15, -0.1) is 0 Å². The van der Waals surface area contributed by atoms with Gasteiger partial charge in [-0.2, -0.15) is 0 Å². The molecule has 110 valence electrons. The summed E-state index contributed by atoms with van der Waals surface area (Å²) in [7, 11) is 0. The molecule has 1 saturated heterocycles. The van der Waals surface area contributed by atoms with Crippen molar-refractivity contribution in [3.8, 4) is 0 Å². The van der Waals surface area contributed by atoms with E-state index in [4.69, 9.17) is 5.73 Å². The predicted octanol–water partition coefficient (Wildman–Crippen LogP) is 1.07. The molecule has 0 aromatic carbocycles. The lowest BCUT2D eigenvalue weighted by Crippen LogP contribution is -2.46. The fourth-order valence-electron chi connectivity index (χ4n) is 2.67. The van der Waals surface area contributed by atoms with Gasteiger partial charge in [-0.05, 0) is 31.5 Å². The molecule has 2 rings (SSSR count). The fraction of sp³-hybridized carbons (Fsp3) is 0.600. The molecule has 1 fully saturated rings. The van der Waals surface area contributed by atoms with Crippen molar-refractivity contribution in [3.05, 3.63) is 30.1 Å². The first-order chi connectivity index (χ1) is 9.77. The Morgan fingerprint density at radius 3 is 3.05 bits per heavy atom. The Morgan fingerprint density at radius 2 is 2.30 bits per heavy atom. The maximum Gasteiger partial charge on any atom is 0.217 e. The Labute approximate surface area is 120 Å². The number of piperazine rings is 1. The summed E-state index contributed by atoms with van der Waals surface area (Å²) >= 11 is 0. The second-order valence-corrected chi connectivity index (χ2v) is 5.29. The van der Waals surface area contributed by atoms with E-state index in [9.17, 15) is 4.79 Å². The minimum atomic E-state index is -0.196. The Kier molecular flexibility index (Phi) is 5.95.